The van der Waals surface area contributed by atoms with Gasteiger partial charge in [-0.25, -0.2) is 19.2 Å². The van der Waals surface area contributed by atoms with E-state index in [4.69, 9.17) is 18.9 Å². The molecule has 2 unspecified atom stereocenters. The monoisotopic (exact) mass is 382 g/mol. The maximum atomic E-state index is 12.0. The standard InChI is InChI=1S/C19H26O8/c1-8-15(25-17(21)11(3)4)24-14(20)10-13(7)19(23)27-16(9-2)26-18(22)12(5)6/h10,15-16H,3,5,8-9H2,1-2,4,6-7H3/b13-10-. The average molecular weight is 382 g/mol. The van der Waals surface area contributed by atoms with Crippen LogP contribution in [-0.4, -0.2) is 36.5 Å². The third kappa shape index (κ3) is 9.39. The molecule has 2 atom stereocenters. The molecule has 0 aromatic carbocycles. The Balaban J connectivity index is 4.83. The summed E-state index contributed by atoms with van der Waals surface area (Å²) in [6.07, 6.45) is -0.885. The lowest BCUT2D eigenvalue weighted by Crippen LogP contribution is -2.26. The molecule has 0 saturated carbocycles. The fraction of sp³-hybridized carbons (Fsp3) is 0.474. The minimum Gasteiger partial charge on any atom is -0.422 e. The normalized spacial score (nSPS) is 13.0. The van der Waals surface area contributed by atoms with Crippen molar-refractivity contribution in [2.24, 2.45) is 0 Å². The zero-order valence-electron chi connectivity index (χ0n) is 16.3. The lowest BCUT2D eigenvalue weighted by atomic mass is 10.3. The van der Waals surface area contributed by atoms with Gasteiger partial charge in [0.05, 0.1) is 0 Å². The van der Waals surface area contributed by atoms with Crippen LogP contribution in [0.5, 0.6) is 0 Å². The summed E-state index contributed by atoms with van der Waals surface area (Å²) in [5, 5.41) is 0. The summed E-state index contributed by atoms with van der Waals surface area (Å²) in [5.41, 5.74) is 0.246. The fourth-order valence-electron chi connectivity index (χ4n) is 1.43. The molecule has 0 bridgehead atoms. The van der Waals surface area contributed by atoms with E-state index in [1.807, 2.05) is 0 Å². The SMILES string of the molecule is C=C(C)C(=O)OC(CC)OC(=O)/C=C(/C)C(=O)OC(CC)OC(=O)C(=C)C. The Morgan fingerprint density at radius 3 is 1.48 bits per heavy atom. The van der Waals surface area contributed by atoms with E-state index in [9.17, 15) is 19.2 Å². The van der Waals surface area contributed by atoms with Crippen molar-refractivity contribution in [2.75, 3.05) is 0 Å². The summed E-state index contributed by atoms with van der Waals surface area (Å²) in [7, 11) is 0. The summed E-state index contributed by atoms with van der Waals surface area (Å²) in [4.78, 5) is 46.8. The molecule has 0 aromatic heterocycles. The van der Waals surface area contributed by atoms with Gasteiger partial charge in [-0.05, 0) is 20.8 Å². The molecule has 0 N–H and O–H groups in total. The topological polar surface area (TPSA) is 105 Å². The summed E-state index contributed by atoms with van der Waals surface area (Å²) in [6, 6.07) is 0. The van der Waals surface area contributed by atoms with Crippen LogP contribution in [0.1, 0.15) is 47.5 Å². The van der Waals surface area contributed by atoms with Crippen molar-refractivity contribution < 1.29 is 38.1 Å². The minimum absolute atomic E-state index is 0.0779. The first kappa shape index (κ1) is 24.1. The molecule has 27 heavy (non-hydrogen) atoms. The highest BCUT2D eigenvalue weighted by Crippen LogP contribution is 2.10. The number of carbonyl (C=O) groups excluding carboxylic acids is 4. The summed E-state index contributed by atoms with van der Waals surface area (Å²) in [5.74, 6) is -3.14. The van der Waals surface area contributed by atoms with Crippen LogP contribution >= 0.6 is 0 Å². The summed E-state index contributed by atoms with van der Waals surface area (Å²) >= 11 is 0. The third-order valence-electron chi connectivity index (χ3n) is 2.98. The molecule has 0 aliphatic rings. The Morgan fingerprint density at radius 1 is 0.741 bits per heavy atom. The molecule has 0 saturated heterocycles. The first-order valence-electron chi connectivity index (χ1n) is 8.34. The van der Waals surface area contributed by atoms with Gasteiger partial charge in [0.2, 0.25) is 12.6 Å². The highest BCUT2D eigenvalue weighted by molar-refractivity contribution is 5.96. The van der Waals surface area contributed by atoms with Crippen LogP contribution in [0.2, 0.25) is 0 Å². The van der Waals surface area contributed by atoms with Crippen molar-refractivity contribution in [1.29, 1.82) is 0 Å². The highest BCUT2D eigenvalue weighted by Gasteiger charge is 2.21. The van der Waals surface area contributed by atoms with Gasteiger partial charge in [0.1, 0.15) is 0 Å². The van der Waals surface area contributed by atoms with E-state index < -0.39 is 36.5 Å². The van der Waals surface area contributed by atoms with E-state index in [0.717, 1.165) is 6.08 Å². The smallest absolute Gasteiger partial charge is 0.337 e. The Labute approximate surface area is 158 Å². The van der Waals surface area contributed by atoms with E-state index in [2.05, 4.69) is 13.2 Å². The summed E-state index contributed by atoms with van der Waals surface area (Å²) < 4.78 is 19.9. The van der Waals surface area contributed by atoms with Gasteiger partial charge >= 0.3 is 23.9 Å². The number of carbonyl (C=O) groups is 4. The van der Waals surface area contributed by atoms with Gasteiger partial charge in [0, 0.05) is 35.6 Å². The maximum absolute atomic E-state index is 12.0. The van der Waals surface area contributed by atoms with E-state index in [-0.39, 0.29) is 29.6 Å². The van der Waals surface area contributed by atoms with Gasteiger partial charge in [0.15, 0.2) is 0 Å². The van der Waals surface area contributed by atoms with Crippen molar-refractivity contribution >= 4 is 23.9 Å². The van der Waals surface area contributed by atoms with Crippen LogP contribution in [0.3, 0.4) is 0 Å². The number of hydrogen-bond acceptors (Lipinski definition) is 8. The number of hydrogen-bond donors (Lipinski definition) is 0. The second-order valence-electron chi connectivity index (χ2n) is 5.72. The van der Waals surface area contributed by atoms with Gasteiger partial charge in [-0.1, -0.05) is 27.0 Å². The van der Waals surface area contributed by atoms with Gasteiger partial charge in [-0.3, -0.25) is 0 Å². The largest absolute Gasteiger partial charge is 0.422 e. The number of rotatable bonds is 10. The molecular weight excluding hydrogens is 356 g/mol. The van der Waals surface area contributed by atoms with Crippen molar-refractivity contribution in [3.05, 3.63) is 36.0 Å². The zero-order valence-corrected chi connectivity index (χ0v) is 16.3. The predicted octanol–water partition coefficient (Wildman–Crippen LogP) is 2.73. The van der Waals surface area contributed by atoms with E-state index in [1.165, 1.54) is 20.8 Å². The van der Waals surface area contributed by atoms with Gasteiger partial charge < -0.3 is 18.9 Å². The fourth-order valence-corrected chi connectivity index (χ4v) is 1.43. The molecule has 0 aliphatic heterocycles. The Morgan fingerprint density at radius 2 is 1.11 bits per heavy atom. The molecule has 0 amide bonds. The van der Waals surface area contributed by atoms with Crippen LogP contribution in [0.25, 0.3) is 0 Å². The molecule has 8 nitrogen and oxygen atoms in total. The maximum Gasteiger partial charge on any atom is 0.337 e. The highest BCUT2D eigenvalue weighted by atomic mass is 16.7. The molecule has 0 rings (SSSR count). The van der Waals surface area contributed by atoms with Crippen LogP contribution in [0, 0.1) is 0 Å². The second kappa shape index (κ2) is 11.7. The predicted molar refractivity (Wildman–Crippen MR) is 95.9 cm³/mol. The first-order chi connectivity index (χ1) is 12.5. The van der Waals surface area contributed by atoms with E-state index in [0.29, 0.717) is 0 Å². The molecule has 150 valence electrons. The molecular formula is C19H26O8. The Kier molecular flexibility index (Phi) is 10.4. The van der Waals surface area contributed by atoms with E-state index >= 15 is 0 Å². The first-order valence-corrected chi connectivity index (χ1v) is 8.34. The van der Waals surface area contributed by atoms with Crippen LogP contribution in [0.15, 0.2) is 36.0 Å². The quantitative estimate of drug-likeness (QED) is 0.323. The van der Waals surface area contributed by atoms with Gasteiger partial charge in [-0.15, -0.1) is 0 Å². The zero-order chi connectivity index (χ0) is 21.1. The Bertz CT molecular complexity index is 644. The molecule has 0 aliphatic carbocycles. The van der Waals surface area contributed by atoms with Gasteiger partial charge in [-0.2, -0.15) is 0 Å². The number of ether oxygens (including phenoxy) is 4. The molecule has 0 radical (unpaired) electrons. The van der Waals surface area contributed by atoms with Crippen LogP contribution in [0.4, 0.5) is 0 Å². The summed E-state index contributed by atoms with van der Waals surface area (Å²) in [6.45, 7) is 14.4. The van der Waals surface area contributed by atoms with Crippen LogP contribution in [-0.2, 0) is 38.1 Å². The average Bonchev–Trinajstić information content (AvgIpc) is 2.59. The van der Waals surface area contributed by atoms with Crippen molar-refractivity contribution in [3.63, 3.8) is 0 Å². The minimum atomic E-state index is -1.11. The molecule has 0 heterocycles. The van der Waals surface area contributed by atoms with Crippen molar-refractivity contribution in [1.82, 2.24) is 0 Å². The molecule has 8 heteroatoms. The lowest BCUT2D eigenvalue weighted by Gasteiger charge is -2.17. The molecule has 0 aromatic rings. The third-order valence-corrected chi connectivity index (χ3v) is 2.98. The van der Waals surface area contributed by atoms with E-state index in [1.54, 1.807) is 13.8 Å². The van der Waals surface area contributed by atoms with Crippen LogP contribution < -0.4 is 0 Å². The molecule has 0 spiro atoms. The second-order valence-corrected chi connectivity index (χ2v) is 5.72. The Hall–Kier alpha value is -2.90. The van der Waals surface area contributed by atoms with Crippen molar-refractivity contribution in [3.8, 4) is 0 Å². The number of esters is 4. The molecule has 0 fully saturated rings. The lowest BCUT2D eigenvalue weighted by molar-refractivity contribution is -0.185. The van der Waals surface area contributed by atoms with Crippen molar-refractivity contribution in [2.45, 2.75) is 60.0 Å². The van der Waals surface area contributed by atoms with Gasteiger partial charge in [0.25, 0.3) is 0 Å².